The molecule has 1 amide bonds. The second kappa shape index (κ2) is 7.29. The van der Waals surface area contributed by atoms with Crippen molar-refractivity contribution in [3.63, 3.8) is 0 Å². The molecule has 0 aromatic heterocycles. The molecule has 2 aliphatic rings. The first-order chi connectivity index (χ1) is 10.5. The number of fused-ring (bicyclic) bond motifs is 2. The minimum absolute atomic E-state index is 0.448. The predicted octanol–water partition coefficient (Wildman–Crippen LogP) is 2.74. The van der Waals surface area contributed by atoms with E-state index in [1.165, 1.54) is 18.4 Å². The molecule has 1 unspecified atom stereocenters. The number of rotatable bonds is 5. The first-order valence-corrected chi connectivity index (χ1v) is 7.70. The van der Waals surface area contributed by atoms with Gasteiger partial charge in [-0.15, -0.1) is 0 Å². The Bertz CT molecular complexity index is 506. The van der Waals surface area contributed by atoms with Crippen molar-refractivity contribution in [2.24, 2.45) is 5.92 Å². The maximum Gasteiger partial charge on any atom is 0.329 e. The third kappa shape index (κ3) is 4.23. The normalized spacial score (nSPS) is 18.6. The molecule has 22 heavy (non-hydrogen) atoms. The highest BCUT2D eigenvalue weighted by molar-refractivity contribution is 5.80. The molecule has 2 bridgehead atoms. The van der Waals surface area contributed by atoms with Crippen LogP contribution in [0.15, 0.2) is 24.3 Å². The van der Waals surface area contributed by atoms with Crippen LogP contribution in [0.2, 0.25) is 0 Å². The van der Waals surface area contributed by atoms with Gasteiger partial charge in [-0.2, -0.15) is 0 Å². The molecule has 2 N–H and O–H groups in total. The van der Waals surface area contributed by atoms with E-state index < -0.39 is 11.5 Å². The van der Waals surface area contributed by atoms with Crippen LogP contribution in [0.3, 0.4) is 0 Å². The SMILES string of the molecule is CC(CC1CCCC1)(NC=O)C(=O)O.c1cc2cc(c1)OC2. The quantitative estimate of drug-likeness (QED) is 0.820. The Labute approximate surface area is 130 Å². The minimum Gasteiger partial charge on any atom is -0.489 e. The topological polar surface area (TPSA) is 75.6 Å². The molecule has 5 heteroatoms. The number of aliphatic carboxylic acids is 1. The fraction of sp³-hybridized carbons (Fsp3) is 0.529. The summed E-state index contributed by atoms with van der Waals surface area (Å²) in [6.07, 6.45) is 5.56. The van der Waals surface area contributed by atoms with E-state index in [1.54, 1.807) is 6.92 Å². The Hall–Kier alpha value is -2.04. The number of carboxylic acids is 1. The van der Waals surface area contributed by atoms with Gasteiger partial charge in [0.05, 0.1) is 0 Å². The number of benzene rings is 1. The van der Waals surface area contributed by atoms with E-state index in [0.717, 1.165) is 25.2 Å². The summed E-state index contributed by atoms with van der Waals surface area (Å²) in [5, 5.41) is 11.4. The highest BCUT2D eigenvalue weighted by Gasteiger charge is 2.35. The molecule has 0 spiro atoms. The van der Waals surface area contributed by atoms with Gasteiger partial charge >= 0.3 is 5.97 Å². The average molecular weight is 305 g/mol. The van der Waals surface area contributed by atoms with Crippen molar-refractivity contribution in [2.45, 2.75) is 51.2 Å². The van der Waals surface area contributed by atoms with E-state index in [9.17, 15) is 9.59 Å². The zero-order valence-corrected chi connectivity index (χ0v) is 12.9. The summed E-state index contributed by atoms with van der Waals surface area (Å²) in [5.41, 5.74) is 0.194. The van der Waals surface area contributed by atoms with Crippen LogP contribution in [-0.2, 0) is 16.2 Å². The molecule has 1 heterocycles. The summed E-state index contributed by atoms with van der Waals surface area (Å²) in [7, 11) is 0. The Morgan fingerprint density at radius 2 is 2.18 bits per heavy atom. The van der Waals surface area contributed by atoms with Gasteiger partial charge in [0.25, 0.3) is 0 Å². The van der Waals surface area contributed by atoms with Crippen LogP contribution in [0.4, 0.5) is 0 Å². The molecule has 0 saturated heterocycles. The lowest BCUT2D eigenvalue weighted by atomic mass is 9.88. The number of carboxylic acid groups (broad SMARTS) is 1. The number of nitrogens with one attached hydrogen (secondary N) is 1. The lowest BCUT2D eigenvalue weighted by molar-refractivity contribution is -0.146. The second-order valence-electron chi connectivity index (χ2n) is 6.19. The fourth-order valence-corrected chi connectivity index (χ4v) is 3.02. The van der Waals surface area contributed by atoms with Crippen LogP contribution in [-0.4, -0.2) is 23.0 Å². The third-order valence-corrected chi connectivity index (χ3v) is 4.33. The first kappa shape index (κ1) is 16.3. The number of carbonyl (C=O) groups is 2. The van der Waals surface area contributed by atoms with Gasteiger partial charge in [0.2, 0.25) is 6.41 Å². The van der Waals surface area contributed by atoms with Crippen LogP contribution in [0.1, 0.15) is 44.6 Å². The maximum absolute atomic E-state index is 11.0. The minimum atomic E-state index is -1.09. The summed E-state index contributed by atoms with van der Waals surface area (Å²) < 4.78 is 5.18. The second-order valence-corrected chi connectivity index (χ2v) is 6.19. The van der Waals surface area contributed by atoms with E-state index in [1.807, 2.05) is 12.1 Å². The van der Waals surface area contributed by atoms with E-state index in [2.05, 4.69) is 17.4 Å². The largest absolute Gasteiger partial charge is 0.489 e. The lowest BCUT2D eigenvalue weighted by Gasteiger charge is -2.26. The molecule has 1 atom stereocenters. The van der Waals surface area contributed by atoms with Gasteiger partial charge in [0, 0.05) is 0 Å². The molecule has 3 rings (SSSR count). The van der Waals surface area contributed by atoms with Crippen LogP contribution in [0, 0.1) is 5.92 Å². The summed E-state index contributed by atoms with van der Waals surface area (Å²) in [6, 6.07) is 8.10. The lowest BCUT2D eigenvalue weighted by Crippen LogP contribution is -2.49. The monoisotopic (exact) mass is 305 g/mol. The fourth-order valence-electron chi connectivity index (χ4n) is 3.02. The first-order valence-electron chi connectivity index (χ1n) is 7.70. The smallest absolute Gasteiger partial charge is 0.329 e. The van der Waals surface area contributed by atoms with Crippen LogP contribution < -0.4 is 10.1 Å². The average Bonchev–Trinajstić information content (AvgIpc) is 3.10. The molecule has 1 aromatic rings. The van der Waals surface area contributed by atoms with E-state index >= 15 is 0 Å². The molecule has 1 fully saturated rings. The summed E-state index contributed by atoms with van der Waals surface area (Å²) in [4.78, 5) is 21.3. The van der Waals surface area contributed by atoms with Crippen molar-refractivity contribution >= 4 is 12.4 Å². The molecular weight excluding hydrogens is 282 g/mol. The molecule has 1 saturated carbocycles. The van der Waals surface area contributed by atoms with Crippen molar-refractivity contribution < 1.29 is 19.4 Å². The van der Waals surface area contributed by atoms with Crippen molar-refractivity contribution in [1.82, 2.24) is 5.32 Å². The van der Waals surface area contributed by atoms with Crippen molar-refractivity contribution in [3.8, 4) is 5.75 Å². The zero-order valence-electron chi connectivity index (χ0n) is 12.9. The predicted molar refractivity (Wildman–Crippen MR) is 82.6 cm³/mol. The Morgan fingerprint density at radius 3 is 2.73 bits per heavy atom. The van der Waals surface area contributed by atoms with Crippen molar-refractivity contribution in [2.75, 3.05) is 0 Å². The summed E-state index contributed by atoms with van der Waals surface area (Å²) in [6.45, 7) is 2.34. The van der Waals surface area contributed by atoms with Crippen molar-refractivity contribution in [3.05, 3.63) is 29.8 Å². The Balaban J connectivity index is 0.000000183. The van der Waals surface area contributed by atoms with E-state index in [0.29, 0.717) is 18.7 Å². The summed E-state index contributed by atoms with van der Waals surface area (Å²) >= 11 is 0. The number of amides is 1. The van der Waals surface area contributed by atoms with Gasteiger partial charge in [-0.25, -0.2) is 4.79 Å². The number of ether oxygens (including phenoxy) is 1. The highest BCUT2D eigenvalue weighted by atomic mass is 16.5. The van der Waals surface area contributed by atoms with E-state index in [4.69, 9.17) is 9.84 Å². The standard InChI is InChI=1S/C10H17NO3.C7H6O/c1-10(9(13)14,11-7-12)6-8-4-2-3-5-8;1-2-6-4-7(3-1)8-5-6/h7-8H,2-6H2,1H3,(H,11,12)(H,13,14);1-4H,5H2. The van der Waals surface area contributed by atoms with Gasteiger partial charge in [-0.3, -0.25) is 4.79 Å². The van der Waals surface area contributed by atoms with Gasteiger partial charge in [0.1, 0.15) is 17.9 Å². The van der Waals surface area contributed by atoms with Crippen LogP contribution in [0.5, 0.6) is 5.75 Å². The van der Waals surface area contributed by atoms with Crippen LogP contribution in [0.25, 0.3) is 0 Å². The van der Waals surface area contributed by atoms with E-state index in [-0.39, 0.29) is 0 Å². The maximum atomic E-state index is 11.0. The number of hydrogen-bond donors (Lipinski definition) is 2. The molecule has 1 aliphatic carbocycles. The number of hydrogen-bond acceptors (Lipinski definition) is 3. The highest BCUT2D eigenvalue weighted by Crippen LogP contribution is 2.31. The Kier molecular flexibility index (Phi) is 5.41. The molecular formula is C17H23NO4. The van der Waals surface area contributed by atoms with Crippen molar-refractivity contribution in [1.29, 1.82) is 0 Å². The van der Waals surface area contributed by atoms with Gasteiger partial charge in [0.15, 0.2) is 0 Å². The molecule has 0 radical (unpaired) electrons. The zero-order chi connectivity index (χ0) is 16.0. The van der Waals surface area contributed by atoms with Gasteiger partial charge in [-0.05, 0) is 37.0 Å². The van der Waals surface area contributed by atoms with Crippen LogP contribution >= 0.6 is 0 Å². The van der Waals surface area contributed by atoms with Gasteiger partial charge < -0.3 is 15.2 Å². The molecule has 1 aliphatic heterocycles. The molecule has 120 valence electrons. The number of carbonyl (C=O) groups excluding carboxylic acids is 1. The summed E-state index contributed by atoms with van der Waals surface area (Å²) in [5.74, 6) is 0.502. The Morgan fingerprint density at radius 1 is 1.45 bits per heavy atom. The third-order valence-electron chi connectivity index (χ3n) is 4.33. The van der Waals surface area contributed by atoms with Gasteiger partial charge in [-0.1, -0.05) is 37.8 Å². The molecule has 5 nitrogen and oxygen atoms in total. The molecule has 1 aromatic carbocycles.